The van der Waals surface area contributed by atoms with Gasteiger partial charge in [-0.05, 0) is 19.3 Å². The fraction of sp³-hybridized carbons (Fsp3) is 0.889. The highest BCUT2D eigenvalue weighted by atomic mass is 16.5. The van der Waals surface area contributed by atoms with Crippen LogP contribution in [0.1, 0.15) is 25.7 Å². The molecule has 0 aromatic heterocycles. The Morgan fingerprint density at radius 1 is 1.62 bits per heavy atom. The monoisotopic (exact) mass is 188 g/mol. The number of carboxylic acid groups (broad SMARTS) is 1. The molecule has 0 radical (unpaired) electrons. The van der Waals surface area contributed by atoms with Gasteiger partial charge in [0.15, 0.2) is 0 Å². The molecule has 4 heteroatoms. The van der Waals surface area contributed by atoms with Crippen molar-refractivity contribution in [3.63, 3.8) is 0 Å². The van der Waals surface area contributed by atoms with Gasteiger partial charge in [0.25, 0.3) is 0 Å². The second kappa shape index (κ2) is 4.58. The number of ether oxygens (including phenoxy) is 2. The van der Waals surface area contributed by atoms with Crippen molar-refractivity contribution >= 4 is 5.97 Å². The standard InChI is InChI=1S/C9H16O4/c1-12-7-9(6-8(10)11)4-2-3-5-13-9/h2-7H2,1H3,(H,10,11). The summed E-state index contributed by atoms with van der Waals surface area (Å²) in [7, 11) is 1.57. The summed E-state index contributed by atoms with van der Waals surface area (Å²) in [6.07, 6.45) is 2.87. The second-order valence-corrected chi connectivity index (χ2v) is 3.49. The van der Waals surface area contributed by atoms with Crippen molar-refractivity contribution < 1.29 is 19.4 Å². The molecule has 1 fully saturated rings. The summed E-state index contributed by atoms with van der Waals surface area (Å²) in [6.45, 7) is 1.02. The van der Waals surface area contributed by atoms with Crippen molar-refractivity contribution in [2.45, 2.75) is 31.3 Å². The lowest BCUT2D eigenvalue weighted by atomic mass is 9.91. The summed E-state index contributed by atoms with van der Waals surface area (Å²) in [4.78, 5) is 10.6. The number of hydrogen-bond donors (Lipinski definition) is 1. The van der Waals surface area contributed by atoms with Gasteiger partial charge in [-0.3, -0.25) is 4.79 Å². The first kappa shape index (κ1) is 10.5. The summed E-state index contributed by atoms with van der Waals surface area (Å²) >= 11 is 0. The Bertz CT molecular complexity index is 167. The predicted octanol–water partition coefficient (Wildman–Crippen LogP) is 1.05. The maximum absolute atomic E-state index is 10.6. The van der Waals surface area contributed by atoms with Crippen molar-refractivity contribution in [3.05, 3.63) is 0 Å². The van der Waals surface area contributed by atoms with Crippen molar-refractivity contribution in [1.29, 1.82) is 0 Å². The molecule has 1 saturated heterocycles. The summed E-state index contributed by atoms with van der Waals surface area (Å²) in [6, 6.07) is 0. The predicted molar refractivity (Wildman–Crippen MR) is 46.7 cm³/mol. The van der Waals surface area contributed by atoms with Crippen LogP contribution in [0.25, 0.3) is 0 Å². The summed E-state index contributed by atoms with van der Waals surface area (Å²) in [5.41, 5.74) is -0.571. The third-order valence-electron chi connectivity index (χ3n) is 2.32. The van der Waals surface area contributed by atoms with Gasteiger partial charge >= 0.3 is 5.97 Å². The Labute approximate surface area is 77.8 Å². The summed E-state index contributed by atoms with van der Waals surface area (Å²) < 4.78 is 10.5. The fourth-order valence-corrected chi connectivity index (χ4v) is 1.75. The first-order valence-electron chi connectivity index (χ1n) is 4.53. The number of carbonyl (C=O) groups is 1. The highest BCUT2D eigenvalue weighted by Crippen LogP contribution is 2.28. The van der Waals surface area contributed by atoms with Gasteiger partial charge in [0.2, 0.25) is 0 Å². The quantitative estimate of drug-likeness (QED) is 0.716. The molecule has 1 aliphatic rings. The maximum atomic E-state index is 10.6. The minimum Gasteiger partial charge on any atom is -0.481 e. The molecule has 1 heterocycles. The molecule has 0 aromatic carbocycles. The number of hydrogen-bond acceptors (Lipinski definition) is 3. The third-order valence-corrected chi connectivity index (χ3v) is 2.32. The lowest BCUT2D eigenvalue weighted by Gasteiger charge is -2.35. The van der Waals surface area contributed by atoms with E-state index in [9.17, 15) is 4.79 Å². The summed E-state index contributed by atoms with van der Waals surface area (Å²) in [5, 5.41) is 8.72. The van der Waals surface area contributed by atoms with Crippen LogP contribution in [0.2, 0.25) is 0 Å². The number of carboxylic acids is 1. The molecule has 0 bridgehead atoms. The molecule has 1 N–H and O–H groups in total. The molecule has 1 unspecified atom stereocenters. The van der Waals surface area contributed by atoms with E-state index < -0.39 is 11.6 Å². The molecule has 1 rings (SSSR count). The van der Waals surface area contributed by atoms with Crippen LogP contribution in [-0.4, -0.2) is 37.0 Å². The molecular formula is C9H16O4. The van der Waals surface area contributed by atoms with Crippen LogP contribution in [0, 0.1) is 0 Å². The smallest absolute Gasteiger partial charge is 0.306 e. The second-order valence-electron chi connectivity index (χ2n) is 3.49. The first-order chi connectivity index (χ1) is 6.18. The average molecular weight is 188 g/mol. The minimum atomic E-state index is -0.820. The van der Waals surface area contributed by atoms with E-state index in [2.05, 4.69) is 0 Å². The van der Waals surface area contributed by atoms with Gasteiger partial charge in [0, 0.05) is 13.7 Å². The summed E-state index contributed by atoms with van der Waals surface area (Å²) in [5.74, 6) is -0.820. The lowest BCUT2D eigenvalue weighted by molar-refractivity contribution is -0.157. The van der Waals surface area contributed by atoms with E-state index in [-0.39, 0.29) is 6.42 Å². The Kier molecular flexibility index (Phi) is 3.69. The Morgan fingerprint density at radius 2 is 2.38 bits per heavy atom. The van der Waals surface area contributed by atoms with E-state index in [4.69, 9.17) is 14.6 Å². The lowest BCUT2D eigenvalue weighted by Crippen LogP contribution is -2.42. The van der Waals surface area contributed by atoms with Gasteiger partial charge in [-0.1, -0.05) is 0 Å². The maximum Gasteiger partial charge on any atom is 0.306 e. The zero-order valence-electron chi connectivity index (χ0n) is 7.91. The Balaban J connectivity index is 2.55. The van der Waals surface area contributed by atoms with Crippen LogP contribution in [0.5, 0.6) is 0 Å². The van der Waals surface area contributed by atoms with Gasteiger partial charge in [-0.15, -0.1) is 0 Å². The molecule has 1 atom stereocenters. The highest BCUT2D eigenvalue weighted by molar-refractivity contribution is 5.68. The van der Waals surface area contributed by atoms with Gasteiger partial charge < -0.3 is 14.6 Å². The van der Waals surface area contributed by atoms with Gasteiger partial charge in [0.05, 0.1) is 13.0 Å². The van der Waals surface area contributed by atoms with Gasteiger partial charge in [-0.25, -0.2) is 0 Å². The number of aliphatic carboxylic acids is 1. The van der Waals surface area contributed by atoms with E-state index in [0.717, 1.165) is 19.3 Å². The molecular weight excluding hydrogens is 172 g/mol. The fourth-order valence-electron chi connectivity index (χ4n) is 1.75. The highest BCUT2D eigenvalue weighted by Gasteiger charge is 2.35. The van der Waals surface area contributed by atoms with E-state index in [1.165, 1.54) is 0 Å². The average Bonchev–Trinajstić information content (AvgIpc) is 2.04. The molecule has 13 heavy (non-hydrogen) atoms. The van der Waals surface area contributed by atoms with Crippen LogP contribution in [-0.2, 0) is 14.3 Å². The molecule has 0 amide bonds. The van der Waals surface area contributed by atoms with Crippen LogP contribution in [0.3, 0.4) is 0 Å². The number of methoxy groups -OCH3 is 1. The van der Waals surface area contributed by atoms with Crippen molar-refractivity contribution in [1.82, 2.24) is 0 Å². The molecule has 1 aliphatic heterocycles. The van der Waals surface area contributed by atoms with Crippen molar-refractivity contribution in [3.8, 4) is 0 Å². The van der Waals surface area contributed by atoms with Crippen molar-refractivity contribution in [2.75, 3.05) is 20.3 Å². The Morgan fingerprint density at radius 3 is 2.85 bits per heavy atom. The van der Waals surface area contributed by atoms with Crippen LogP contribution in [0.15, 0.2) is 0 Å². The van der Waals surface area contributed by atoms with E-state index in [1.807, 2.05) is 0 Å². The first-order valence-corrected chi connectivity index (χ1v) is 4.53. The zero-order chi connectivity index (χ0) is 9.73. The van der Waals surface area contributed by atoms with E-state index in [1.54, 1.807) is 7.11 Å². The minimum absolute atomic E-state index is 0.0425. The zero-order valence-corrected chi connectivity index (χ0v) is 7.91. The molecule has 0 aromatic rings. The van der Waals surface area contributed by atoms with Crippen LogP contribution >= 0.6 is 0 Å². The van der Waals surface area contributed by atoms with E-state index in [0.29, 0.717) is 13.2 Å². The van der Waals surface area contributed by atoms with Gasteiger partial charge in [0.1, 0.15) is 5.60 Å². The SMILES string of the molecule is COCC1(CC(=O)O)CCCCO1. The molecule has 0 saturated carbocycles. The largest absolute Gasteiger partial charge is 0.481 e. The molecule has 0 spiro atoms. The van der Waals surface area contributed by atoms with E-state index >= 15 is 0 Å². The molecule has 4 nitrogen and oxygen atoms in total. The molecule has 76 valence electrons. The van der Waals surface area contributed by atoms with Crippen LogP contribution in [0.4, 0.5) is 0 Å². The third kappa shape index (κ3) is 2.97. The van der Waals surface area contributed by atoms with Crippen molar-refractivity contribution in [2.24, 2.45) is 0 Å². The molecule has 0 aliphatic carbocycles. The van der Waals surface area contributed by atoms with Gasteiger partial charge in [-0.2, -0.15) is 0 Å². The number of rotatable bonds is 4. The normalized spacial score (nSPS) is 28.7. The topological polar surface area (TPSA) is 55.8 Å². The van der Waals surface area contributed by atoms with Crippen LogP contribution < -0.4 is 0 Å². The Hall–Kier alpha value is -0.610.